The van der Waals surface area contributed by atoms with Gasteiger partial charge in [-0.3, -0.25) is 9.78 Å². The molecule has 2 aromatic heterocycles. The van der Waals surface area contributed by atoms with E-state index in [-0.39, 0.29) is 5.92 Å². The Balaban J connectivity index is 1.94. The number of nitrogens with zero attached hydrogens (tertiary/aromatic N) is 1. The van der Waals surface area contributed by atoms with E-state index < -0.39 is 0 Å². The van der Waals surface area contributed by atoms with Crippen molar-refractivity contribution in [1.82, 2.24) is 9.97 Å². The number of aromatic amines is 1. The van der Waals surface area contributed by atoms with Crippen molar-refractivity contribution in [3.8, 4) is 0 Å². The first-order chi connectivity index (χ1) is 12.7. The maximum Gasteiger partial charge on any atom is 0.168 e. The molecule has 1 N–H and O–H groups in total. The number of carbonyl (C=O) groups excluding carboxylic acids is 1. The van der Waals surface area contributed by atoms with E-state index in [1.165, 1.54) is 11.1 Å². The van der Waals surface area contributed by atoms with Crippen molar-refractivity contribution in [3.63, 3.8) is 0 Å². The minimum absolute atomic E-state index is 0.281. The highest BCUT2D eigenvalue weighted by Gasteiger charge is 2.16. The molecule has 4 rings (SSSR count). The van der Waals surface area contributed by atoms with E-state index in [4.69, 9.17) is 4.74 Å². The predicted octanol–water partition coefficient (Wildman–Crippen LogP) is 4.83. The lowest BCUT2D eigenvalue weighted by atomic mass is 9.92. The first-order valence-corrected chi connectivity index (χ1v) is 8.65. The van der Waals surface area contributed by atoms with Crippen LogP contribution in [0.25, 0.3) is 21.8 Å². The molecule has 4 aromatic rings. The van der Waals surface area contributed by atoms with Gasteiger partial charge < -0.3 is 9.72 Å². The number of methoxy groups -OCH3 is 1. The fraction of sp³-hybridized carbons (Fsp3) is 0.182. The first kappa shape index (κ1) is 16.5. The standard InChI is InChI=1S/C22H20N2O2/c1-14(15-6-4-3-5-7-15)16-8-9-19-17(10-16)22-18(13-26-2)21(12-25)23-11-20(22)24-19/h3-12,14,24H,13H2,1-2H3. The number of aromatic nitrogens is 2. The molecule has 0 fully saturated rings. The van der Waals surface area contributed by atoms with E-state index in [2.05, 4.69) is 59.4 Å². The third-order valence-electron chi connectivity index (χ3n) is 5.00. The zero-order valence-corrected chi connectivity index (χ0v) is 14.8. The quantitative estimate of drug-likeness (QED) is 0.528. The lowest BCUT2D eigenvalue weighted by molar-refractivity contribution is 0.111. The number of pyridine rings is 1. The van der Waals surface area contributed by atoms with E-state index in [9.17, 15) is 4.79 Å². The topological polar surface area (TPSA) is 55.0 Å². The zero-order valence-electron chi connectivity index (χ0n) is 14.8. The molecule has 1 atom stereocenters. The van der Waals surface area contributed by atoms with Gasteiger partial charge >= 0.3 is 0 Å². The molecule has 0 spiro atoms. The number of hydrogen-bond donors (Lipinski definition) is 1. The third kappa shape index (κ3) is 2.68. The van der Waals surface area contributed by atoms with Crippen molar-refractivity contribution < 1.29 is 9.53 Å². The number of fused-ring (bicyclic) bond motifs is 3. The summed E-state index contributed by atoms with van der Waals surface area (Å²) in [6.45, 7) is 2.56. The Morgan fingerprint density at radius 1 is 1.12 bits per heavy atom. The summed E-state index contributed by atoms with van der Waals surface area (Å²) in [5, 5.41) is 2.11. The van der Waals surface area contributed by atoms with Gasteiger partial charge in [0.05, 0.1) is 18.3 Å². The molecule has 26 heavy (non-hydrogen) atoms. The predicted molar refractivity (Wildman–Crippen MR) is 104 cm³/mol. The molecule has 0 aliphatic carbocycles. The normalized spacial score (nSPS) is 12.5. The zero-order chi connectivity index (χ0) is 18.1. The van der Waals surface area contributed by atoms with Crippen LogP contribution < -0.4 is 0 Å². The monoisotopic (exact) mass is 344 g/mol. The van der Waals surface area contributed by atoms with Crippen molar-refractivity contribution in [2.45, 2.75) is 19.4 Å². The highest BCUT2D eigenvalue weighted by atomic mass is 16.5. The number of aldehydes is 1. The molecule has 0 aliphatic heterocycles. The van der Waals surface area contributed by atoms with Crippen molar-refractivity contribution in [2.75, 3.05) is 7.11 Å². The van der Waals surface area contributed by atoms with Crippen LogP contribution >= 0.6 is 0 Å². The van der Waals surface area contributed by atoms with Crippen LogP contribution in [0.5, 0.6) is 0 Å². The second-order valence-electron chi connectivity index (χ2n) is 6.52. The van der Waals surface area contributed by atoms with Gasteiger partial charge in [0, 0.05) is 34.9 Å². The largest absolute Gasteiger partial charge is 0.380 e. The minimum atomic E-state index is 0.281. The second-order valence-corrected chi connectivity index (χ2v) is 6.52. The maximum atomic E-state index is 11.4. The third-order valence-corrected chi connectivity index (χ3v) is 5.00. The van der Waals surface area contributed by atoms with Crippen molar-refractivity contribution in [1.29, 1.82) is 0 Å². The van der Waals surface area contributed by atoms with Crippen LogP contribution in [0.3, 0.4) is 0 Å². The van der Waals surface area contributed by atoms with Crippen LogP contribution in [0, 0.1) is 0 Å². The summed E-state index contributed by atoms with van der Waals surface area (Å²) in [6, 6.07) is 16.9. The number of H-pyrrole nitrogens is 1. The lowest BCUT2D eigenvalue weighted by Crippen LogP contribution is -1.99. The van der Waals surface area contributed by atoms with E-state index in [0.29, 0.717) is 12.3 Å². The van der Waals surface area contributed by atoms with Crippen molar-refractivity contribution in [3.05, 3.63) is 77.1 Å². The summed E-state index contributed by atoms with van der Waals surface area (Å²) in [7, 11) is 1.63. The van der Waals surface area contributed by atoms with Crippen LogP contribution in [0.2, 0.25) is 0 Å². The number of carbonyl (C=O) groups is 1. The molecule has 4 heteroatoms. The molecule has 0 bridgehead atoms. The summed E-state index contributed by atoms with van der Waals surface area (Å²) in [6.07, 6.45) is 2.52. The average molecular weight is 344 g/mol. The maximum absolute atomic E-state index is 11.4. The summed E-state index contributed by atoms with van der Waals surface area (Å²) in [4.78, 5) is 19.1. The Labute approximate surface area is 151 Å². The van der Waals surface area contributed by atoms with Crippen molar-refractivity contribution >= 4 is 28.1 Å². The summed E-state index contributed by atoms with van der Waals surface area (Å²) in [5.41, 5.74) is 5.72. The molecule has 2 aromatic carbocycles. The molecule has 4 nitrogen and oxygen atoms in total. The van der Waals surface area contributed by atoms with E-state index in [1.807, 2.05) is 6.07 Å². The molecular weight excluding hydrogens is 324 g/mol. The fourth-order valence-corrected chi connectivity index (χ4v) is 3.59. The summed E-state index contributed by atoms with van der Waals surface area (Å²) >= 11 is 0. The molecule has 0 aliphatic rings. The molecule has 0 saturated heterocycles. The van der Waals surface area contributed by atoms with Crippen molar-refractivity contribution in [2.24, 2.45) is 0 Å². The van der Waals surface area contributed by atoms with Gasteiger partial charge in [-0.1, -0.05) is 43.3 Å². The molecule has 0 saturated carbocycles. The van der Waals surface area contributed by atoms with E-state index >= 15 is 0 Å². The number of benzene rings is 2. The van der Waals surface area contributed by atoms with Crippen LogP contribution in [-0.2, 0) is 11.3 Å². The first-order valence-electron chi connectivity index (χ1n) is 8.65. The SMILES string of the molecule is COCc1c(C=O)ncc2[nH]c3ccc(C(C)c4ccccc4)cc3c12. The van der Waals surface area contributed by atoms with Gasteiger partial charge in [-0.05, 0) is 23.3 Å². The van der Waals surface area contributed by atoms with Gasteiger partial charge in [-0.25, -0.2) is 0 Å². The van der Waals surface area contributed by atoms with Gasteiger partial charge in [0.25, 0.3) is 0 Å². The van der Waals surface area contributed by atoms with Crippen LogP contribution in [-0.4, -0.2) is 23.4 Å². The van der Waals surface area contributed by atoms with Gasteiger partial charge in [-0.2, -0.15) is 0 Å². The van der Waals surface area contributed by atoms with E-state index in [1.54, 1.807) is 13.3 Å². The Kier molecular flexibility index (Phi) is 4.27. The Morgan fingerprint density at radius 2 is 1.92 bits per heavy atom. The van der Waals surface area contributed by atoms with Crippen LogP contribution in [0.1, 0.15) is 40.0 Å². The number of nitrogens with one attached hydrogen (secondary N) is 1. The van der Waals surface area contributed by atoms with E-state index in [0.717, 1.165) is 33.7 Å². The van der Waals surface area contributed by atoms with Gasteiger partial charge in [0.2, 0.25) is 0 Å². The fourth-order valence-electron chi connectivity index (χ4n) is 3.59. The summed E-state index contributed by atoms with van der Waals surface area (Å²) < 4.78 is 5.33. The average Bonchev–Trinajstić information content (AvgIpc) is 3.06. The van der Waals surface area contributed by atoms with Crippen LogP contribution in [0.4, 0.5) is 0 Å². The number of hydrogen-bond acceptors (Lipinski definition) is 3. The van der Waals surface area contributed by atoms with Crippen LogP contribution in [0.15, 0.2) is 54.7 Å². The Hall–Kier alpha value is -2.98. The van der Waals surface area contributed by atoms with Gasteiger partial charge in [-0.15, -0.1) is 0 Å². The van der Waals surface area contributed by atoms with Gasteiger partial charge in [0.15, 0.2) is 6.29 Å². The minimum Gasteiger partial charge on any atom is -0.380 e. The molecular formula is C22H20N2O2. The highest BCUT2D eigenvalue weighted by Crippen LogP contribution is 2.33. The number of ether oxygens (including phenoxy) is 1. The number of rotatable bonds is 5. The molecule has 130 valence electrons. The van der Waals surface area contributed by atoms with Gasteiger partial charge in [0.1, 0.15) is 5.69 Å². The molecule has 1 unspecified atom stereocenters. The Bertz CT molecular complexity index is 1080. The molecule has 2 heterocycles. The molecule has 0 radical (unpaired) electrons. The Morgan fingerprint density at radius 3 is 2.65 bits per heavy atom. The highest BCUT2D eigenvalue weighted by molar-refractivity contribution is 6.10. The molecule has 0 amide bonds. The smallest absolute Gasteiger partial charge is 0.168 e. The lowest BCUT2D eigenvalue weighted by Gasteiger charge is -2.13. The second kappa shape index (κ2) is 6.73. The summed E-state index contributed by atoms with van der Waals surface area (Å²) in [5.74, 6) is 0.281.